The maximum atomic E-state index is 11.8. The molecule has 4 aromatic heterocycles. The maximum Gasteiger partial charge on any atom is 0.414 e. The first kappa shape index (κ1) is 111. The van der Waals surface area contributed by atoms with Crippen LogP contribution in [0.1, 0.15) is 203 Å². The van der Waals surface area contributed by atoms with Gasteiger partial charge in [-0.3, -0.25) is 19.9 Å². The Kier molecular flexibility index (Phi) is 51.9. The molecule has 8 N–H and O–H groups in total. The Morgan fingerprint density at radius 1 is 0.294 bits per heavy atom. The number of rotatable bonds is 12. The number of hydrogen-bond acceptors (Lipinski definition) is 16. The molecule has 4 radical (unpaired) electrons. The van der Waals surface area contributed by atoms with Gasteiger partial charge < -0.3 is 60.8 Å². The fraction of sp³-hybridized carbons (Fsp3) is 0.535. The molecule has 0 aliphatic heterocycles. The topological polar surface area (TPSA) is 265 Å². The molecule has 16 nitrogen and oxygen atoms in total. The summed E-state index contributed by atoms with van der Waals surface area (Å²) in [6, 6.07) is 43.8. The van der Waals surface area contributed by atoms with Gasteiger partial charge in [0.1, 0.15) is 0 Å². The molecule has 0 bridgehead atoms. The molecule has 8 unspecified atom stereocenters. The molecule has 0 aliphatic carbocycles. The molecule has 4 heterocycles. The SMILES string of the molecule is CC(C)(C)C(O)CC(O)C(C)(C)C.CC(C)(C)C(O)CC(O)C(C)(C)C.CC(C)(C)C(O)CC(O)C(F)(F)F.CC(O)CC(O)C(C)(C)C.Cc1cnc(-c2[c-]cccc2)c(C)n1.Cc1cnc(-c2[c-]cccc2)c(C)n1.Cc1cnc(-c2[c-]cccc2)c(C)n1.Cc1cnc(-c2[c-]cccc2)c(C)n1.[Ir].[Ir].[Ir].[Ir]. The Morgan fingerprint density at radius 3 is 0.596 bits per heavy atom. The number of benzene rings is 4. The number of halogens is 3. The second-order valence-electron chi connectivity index (χ2n) is 33.0. The van der Waals surface area contributed by atoms with E-state index in [-0.39, 0.29) is 107 Å². The molecule has 0 saturated heterocycles. The maximum absolute atomic E-state index is 11.8. The van der Waals surface area contributed by atoms with E-state index in [1.165, 1.54) is 0 Å². The standard InChI is InChI=1S/4C12H11N2.2C11H24O2.C8H15F3O2.C8H18O2.4Ir/c4*1-9-8-13-12(10(2)14-9)11-6-4-3-5-7-11;2*1-10(2,3)8(12)7-9(13)11(4,5)6;1-7(2,3)5(12)4-6(13)8(9,10)11;1-6(9)5-7(10)8(2,3)4;;;;/h4*3-6,8H,1-2H3;2*8-9,12-13H,7H2,1-6H3;5-6,12-13H,4H2,1-3H3;6-7,9-10H,5H2,1-4H3;;;;/q4*-1;;;;;;;;. The summed E-state index contributed by atoms with van der Waals surface area (Å²) in [5.41, 5.74) is 13.9. The van der Waals surface area contributed by atoms with Gasteiger partial charge in [0.05, 0.1) is 65.5 Å². The van der Waals surface area contributed by atoms with Crippen molar-refractivity contribution in [2.45, 2.75) is 268 Å². The Morgan fingerprint density at radius 2 is 0.468 bits per heavy atom. The van der Waals surface area contributed by atoms with Crippen molar-refractivity contribution in [1.29, 1.82) is 0 Å². The molecule has 4 aromatic carbocycles. The van der Waals surface area contributed by atoms with Gasteiger partial charge in [0, 0.05) is 170 Å². The molecule has 0 spiro atoms. The largest absolute Gasteiger partial charge is 0.414 e. The van der Waals surface area contributed by atoms with Crippen LogP contribution in [0.15, 0.2) is 122 Å². The van der Waals surface area contributed by atoms with Crippen LogP contribution in [0.2, 0.25) is 0 Å². The van der Waals surface area contributed by atoms with Crippen LogP contribution < -0.4 is 0 Å². The second kappa shape index (κ2) is 51.2. The molecule has 109 heavy (non-hydrogen) atoms. The minimum Gasteiger partial charge on any atom is -0.393 e. The third-order valence-electron chi connectivity index (χ3n) is 16.4. The minimum atomic E-state index is -4.65. The number of aromatic nitrogens is 8. The summed E-state index contributed by atoms with van der Waals surface area (Å²) in [4.78, 5) is 34.9. The van der Waals surface area contributed by atoms with Crippen molar-refractivity contribution in [3.05, 3.63) is 192 Å². The average Bonchev–Trinajstić information content (AvgIpc) is 0.856. The number of nitrogens with zero attached hydrogens (tertiary/aromatic N) is 8. The van der Waals surface area contributed by atoms with Crippen LogP contribution in [0, 0.1) is 112 Å². The van der Waals surface area contributed by atoms with Gasteiger partial charge in [0.15, 0.2) is 6.10 Å². The summed E-state index contributed by atoms with van der Waals surface area (Å²) in [5.74, 6) is 0. The quantitative estimate of drug-likeness (QED) is 0.0529. The average molecular weight is 2220 g/mol. The van der Waals surface area contributed by atoms with E-state index in [4.69, 9.17) is 10.2 Å². The van der Waals surface area contributed by atoms with Crippen molar-refractivity contribution in [2.24, 2.45) is 32.5 Å². The summed E-state index contributed by atoms with van der Waals surface area (Å²) >= 11 is 0. The number of aryl methyl sites for hydroxylation is 8. The van der Waals surface area contributed by atoms with Gasteiger partial charge in [0.25, 0.3) is 0 Å². The van der Waals surface area contributed by atoms with E-state index in [2.05, 4.69) is 64.1 Å². The van der Waals surface area contributed by atoms with E-state index in [1.807, 2.05) is 256 Å². The van der Waals surface area contributed by atoms with Crippen molar-refractivity contribution in [3.63, 3.8) is 0 Å². The summed E-state index contributed by atoms with van der Waals surface area (Å²) in [6.07, 6.45) is -3.03. The van der Waals surface area contributed by atoms with E-state index in [1.54, 1.807) is 52.5 Å². The van der Waals surface area contributed by atoms with Crippen LogP contribution in [0.3, 0.4) is 0 Å². The third-order valence-corrected chi connectivity index (χ3v) is 16.4. The predicted octanol–water partition coefficient (Wildman–Crippen LogP) is 17.5. The van der Waals surface area contributed by atoms with Crippen LogP contribution >= 0.6 is 0 Å². The van der Waals surface area contributed by atoms with Crippen molar-refractivity contribution in [3.8, 4) is 45.0 Å². The number of aliphatic hydroxyl groups is 8. The minimum absolute atomic E-state index is 0. The summed E-state index contributed by atoms with van der Waals surface area (Å²) in [6.45, 7) is 51.8. The van der Waals surface area contributed by atoms with Crippen LogP contribution in [0.4, 0.5) is 13.2 Å². The smallest absolute Gasteiger partial charge is 0.393 e. The Balaban J connectivity index is -0.000000576. The first-order valence-corrected chi connectivity index (χ1v) is 35.7. The summed E-state index contributed by atoms with van der Waals surface area (Å²) in [5, 5.41) is 75.3. The molecule has 8 aromatic rings. The molecular weight excluding hydrogens is 2100 g/mol. The van der Waals surface area contributed by atoms with Crippen molar-refractivity contribution >= 4 is 0 Å². The fourth-order valence-electron chi connectivity index (χ4n) is 8.82. The monoisotopic (exact) mass is 2230 g/mol. The second-order valence-corrected chi connectivity index (χ2v) is 33.0. The Bertz CT molecular complexity index is 3250. The zero-order chi connectivity index (χ0) is 80.8. The van der Waals surface area contributed by atoms with E-state index in [0.717, 1.165) is 90.6 Å². The number of alkyl halides is 3. The van der Waals surface area contributed by atoms with Crippen molar-refractivity contribution in [2.75, 3.05) is 0 Å². The Hall–Kier alpha value is -4.73. The number of hydrogen-bond donors (Lipinski definition) is 8. The molecular formula is C86H125F3Ir4N8O8-4. The van der Waals surface area contributed by atoms with E-state index < -0.39 is 66.8 Å². The fourth-order valence-corrected chi connectivity index (χ4v) is 8.82. The van der Waals surface area contributed by atoms with Crippen LogP contribution in [0.25, 0.3) is 45.0 Å². The molecule has 0 fully saturated rings. The number of aliphatic hydroxyl groups excluding tert-OH is 8. The van der Waals surface area contributed by atoms with Gasteiger partial charge in [-0.25, -0.2) is 0 Å². The third kappa shape index (κ3) is 45.1. The normalized spacial score (nSPS) is 13.5. The first-order valence-electron chi connectivity index (χ1n) is 35.7. The van der Waals surface area contributed by atoms with Crippen molar-refractivity contribution < 1.29 is 134 Å². The predicted molar refractivity (Wildman–Crippen MR) is 418 cm³/mol. The summed E-state index contributed by atoms with van der Waals surface area (Å²) < 4.78 is 35.5. The molecule has 8 atom stereocenters. The van der Waals surface area contributed by atoms with Gasteiger partial charge in [0.2, 0.25) is 0 Å². The first-order chi connectivity index (χ1) is 48.1. The zero-order valence-corrected chi connectivity index (χ0v) is 78.7. The van der Waals surface area contributed by atoms with Crippen molar-refractivity contribution in [1.82, 2.24) is 39.9 Å². The molecule has 23 heteroatoms. The van der Waals surface area contributed by atoms with Gasteiger partial charge >= 0.3 is 6.18 Å². The van der Waals surface area contributed by atoms with Gasteiger partial charge in [-0.15, -0.1) is 144 Å². The molecule has 0 amide bonds. The van der Waals surface area contributed by atoms with Crippen LogP contribution in [0.5, 0.6) is 0 Å². The van der Waals surface area contributed by atoms with E-state index in [0.29, 0.717) is 19.3 Å². The molecule has 618 valence electrons. The zero-order valence-electron chi connectivity index (χ0n) is 69.1. The van der Waals surface area contributed by atoms with E-state index in [9.17, 15) is 43.8 Å². The van der Waals surface area contributed by atoms with E-state index >= 15 is 0 Å². The van der Waals surface area contributed by atoms with Gasteiger partial charge in [-0.2, -0.15) is 13.2 Å². The molecule has 0 aliphatic rings. The van der Waals surface area contributed by atoms with Gasteiger partial charge in [-0.1, -0.05) is 125 Å². The van der Waals surface area contributed by atoms with Crippen LogP contribution in [-0.4, -0.2) is 136 Å². The van der Waals surface area contributed by atoms with Crippen LogP contribution in [-0.2, 0) is 80.4 Å². The molecule has 8 rings (SSSR count). The van der Waals surface area contributed by atoms with Gasteiger partial charge in [-0.05, 0) is 101 Å². The Labute approximate surface area is 705 Å². The summed E-state index contributed by atoms with van der Waals surface area (Å²) in [7, 11) is 0. The molecule has 0 saturated carbocycles.